The fraction of sp³-hybridized carbons (Fsp3) is 0.375. The Labute approximate surface area is 123 Å². The number of ether oxygens (including phenoxy) is 1. The van der Waals surface area contributed by atoms with E-state index >= 15 is 0 Å². The predicted octanol–water partition coefficient (Wildman–Crippen LogP) is 2.24. The highest BCUT2D eigenvalue weighted by molar-refractivity contribution is 5.94. The summed E-state index contributed by atoms with van der Waals surface area (Å²) in [5.41, 5.74) is 2.75. The summed E-state index contributed by atoms with van der Waals surface area (Å²) >= 11 is 0. The second kappa shape index (κ2) is 5.60. The summed E-state index contributed by atoms with van der Waals surface area (Å²) in [7, 11) is 3.55. The lowest BCUT2D eigenvalue weighted by Gasteiger charge is -2.05. The van der Waals surface area contributed by atoms with Gasteiger partial charge < -0.3 is 10.1 Å². The van der Waals surface area contributed by atoms with Crippen molar-refractivity contribution in [2.24, 2.45) is 7.05 Å². The van der Waals surface area contributed by atoms with Crippen LogP contribution < -0.4 is 10.1 Å². The zero-order chi connectivity index (χ0) is 14.8. The van der Waals surface area contributed by atoms with Gasteiger partial charge in [0.1, 0.15) is 5.75 Å². The Morgan fingerprint density at radius 1 is 1.43 bits per heavy atom. The van der Waals surface area contributed by atoms with Gasteiger partial charge in [0.05, 0.1) is 19.3 Å². The summed E-state index contributed by atoms with van der Waals surface area (Å²) in [6, 6.07) is 9.20. The Bertz CT molecular complexity index is 659. The molecule has 1 saturated carbocycles. The standard InChI is InChI=1S/C16H19N3O2/c1-19-15(11-6-7-11)9-13(18-19)10-17-16(20)12-4-3-5-14(8-12)21-2/h3-5,8-9,11H,6-7,10H2,1-2H3,(H,17,20). The number of carbonyl (C=O) groups is 1. The molecule has 1 aromatic heterocycles. The van der Waals surface area contributed by atoms with Gasteiger partial charge in [0, 0.05) is 24.2 Å². The molecule has 1 aliphatic rings. The molecule has 0 aliphatic heterocycles. The van der Waals surface area contributed by atoms with Crippen molar-refractivity contribution in [3.8, 4) is 5.75 Å². The third-order valence-corrected chi connectivity index (χ3v) is 3.72. The second-order valence-electron chi connectivity index (χ2n) is 5.37. The molecule has 5 nitrogen and oxygen atoms in total. The molecule has 0 atom stereocenters. The number of aromatic nitrogens is 2. The van der Waals surface area contributed by atoms with Crippen LogP contribution >= 0.6 is 0 Å². The Hall–Kier alpha value is -2.30. The first-order valence-corrected chi connectivity index (χ1v) is 7.12. The second-order valence-corrected chi connectivity index (χ2v) is 5.37. The SMILES string of the molecule is COc1cccc(C(=O)NCc2cc(C3CC3)n(C)n2)c1. The summed E-state index contributed by atoms with van der Waals surface area (Å²) in [6.45, 7) is 0.441. The van der Waals surface area contributed by atoms with Crippen molar-refractivity contribution >= 4 is 5.91 Å². The molecule has 0 bridgehead atoms. The number of hydrogen-bond acceptors (Lipinski definition) is 3. The van der Waals surface area contributed by atoms with E-state index in [-0.39, 0.29) is 5.91 Å². The molecule has 1 fully saturated rings. The molecule has 5 heteroatoms. The van der Waals surface area contributed by atoms with Crippen LogP contribution in [-0.2, 0) is 13.6 Å². The van der Waals surface area contributed by atoms with E-state index in [2.05, 4.69) is 16.5 Å². The number of aryl methyl sites for hydroxylation is 1. The van der Waals surface area contributed by atoms with Crippen LogP contribution in [0.25, 0.3) is 0 Å². The number of carbonyl (C=O) groups excluding carboxylic acids is 1. The van der Waals surface area contributed by atoms with Crippen molar-refractivity contribution in [3.05, 3.63) is 47.3 Å². The Kier molecular flexibility index (Phi) is 3.64. The number of methoxy groups -OCH3 is 1. The number of benzene rings is 1. The molecule has 1 N–H and O–H groups in total. The van der Waals surface area contributed by atoms with Gasteiger partial charge in [0.2, 0.25) is 0 Å². The average molecular weight is 285 g/mol. The van der Waals surface area contributed by atoms with Crippen LogP contribution in [0.2, 0.25) is 0 Å². The maximum Gasteiger partial charge on any atom is 0.251 e. The molecule has 0 saturated heterocycles. The first-order chi connectivity index (χ1) is 10.2. The Balaban J connectivity index is 1.63. The number of nitrogens with zero attached hydrogens (tertiary/aromatic N) is 2. The van der Waals surface area contributed by atoms with E-state index in [0.29, 0.717) is 23.8 Å². The van der Waals surface area contributed by atoms with Crippen LogP contribution in [-0.4, -0.2) is 22.8 Å². The van der Waals surface area contributed by atoms with E-state index in [0.717, 1.165) is 5.69 Å². The molecule has 1 heterocycles. The average Bonchev–Trinajstić information content (AvgIpc) is 3.28. The minimum absolute atomic E-state index is 0.118. The van der Waals surface area contributed by atoms with Crippen LogP contribution in [0, 0.1) is 0 Å². The molecule has 0 spiro atoms. The fourth-order valence-electron chi connectivity index (χ4n) is 2.43. The number of amides is 1. The first kappa shape index (κ1) is 13.7. The lowest BCUT2D eigenvalue weighted by molar-refractivity contribution is 0.0950. The molecule has 3 rings (SSSR count). The van der Waals surface area contributed by atoms with Crippen molar-refractivity contribution in [1.29, 1.82) is 0 Å². The lowest BCUT2D eigenvalue weighted by Crippen LogP contribution is -2.23. The van der Waals surface area contributed by atoms with Gasteiger partial charge in [-0.3, -0.25) is 9.48 Å². The molecular formula is C16H19N3O2. The Morgan fingerprint density at radius 2 is 2.24 bits per heavy atom. The van der Waals surface area contributed by atoms with Gasteiger partial charge in [-0.15, -0.1) is 0 Å². The zero-order valence-electron chi connectivity index (χ0n) is 12.3. The number of nitrogens with one attached hydrogen (secondary N) is 1. The van der Waals surface area contributed by atoms with Crippen molar-refractivity contribution in [3.63, 3.8) is 0 Å². The van der Waals surface area contributed by atoms with E-state index in [4.69, 9.17) is 4.74 Å². The number of rotatable bonds is 5. The highest BCUT2D eigenvalue weighted by Gasteiger charge is 2.27. The van der Waals surface area contributed by atoms with Crippen molar-refractivity contribution in [1.82, 2.24) is 15.1 Å². The lowest BCUT2D eigenvalue weighted by atomic mass is 10.2. The molecule has 0 unspecified atom stereocenters. The fourth-order valence-corrected chi connectivity index (χ4v) is 2.43. The minimum Gasteiger partial charge on any atom is -0.497 e. The summed E-state index contributed by atoms with van der Waals surface area (Å²) in [4.78, 5) is 12.1. The van der Waals surface area contributed by atoms with Crippen molar-refractivity contribution in [2.75, 3.05) is 7.11 Å². The molecule has 1 aromatic carbocycles. The molecular weight excluding hydrogens is 266 g/mol. The van der Waals surface area contributed by atoms with Gasteiger partial charge in [-0.05, 0) is 37.1 Å². The van der Waals surface area contributed by atoms with Gasteiger partial charge in [0.25, 0.3) is 5.91 Å². The van der Waals surface area contributed by atoms with E-state index in [1.54, 1.807) is 25.3 Å². The third kappa shape index (κ3) is 3.07. The third-order valence-electron chi connectivity index (χ3n) is 3.72. The minimum atomic E-state index is -0.118. The van der Waals surface area contributed by atoms with Gasteiger partial charge in [-0.25, -0.2) is 0 Å². The summed E-state index contributed by atoms with van der Waals surface area (Å²) in [6.07, 6.45) is 2.49. The van der Waals surface area contributed by atoms with Gasteiger partial charge in [-0.1, -0.05) is 6.07 Å². The highest BCUT2D eigenvalue weighted by atomic mass is 16.5. The maximum absolute atomic E-state index is 12.1. The molecule has 21 heavy (non-hydrogen) atoms. The van der Waals surface area contributed by atoms with Gasteiger partial charge in [0.15, 0.2) is 0 Å². The van der Waals surface area contributed by atoms with Crippen LogP contribution in [0.1, 0.15) is 40.5 Å². The Morgan fingerprint density at radius 3 is 2.95 bits per heavy atom. The molecule has 0 radical (unpaired) electrons. The van der Waals surface area contributed by atoms with Crippen LogP contribution in [0.5, 0.6) is 5.75 Å². The normalized spacial score (nSPS) is 14.0. The van der Waals surface area contributed by atoms with Crippen LogP contribution in [0.15, 0.2) is 30.3 Å². The summed E-state index contributed by atoms with van der Waals surface area (Å²) in [5.74, 6) is 1.22. The topological polar surface area (TPSA) is 56.1 Å². The number of hydrogen-bond donors (Lipinski definition) is 1. The quantitative estimate of drug-likeness (QED) is 0.916. The monoisotopic (exact) mass is 285 g/mol. The van der Waals surface area contributed by atoms with Gasteiger partial charge in [-0.2, -0.15) is 5.10 Å². The van der Waals surface area contributed by atoms with Crippen LogP contribution in [0.4, 0.5) is 0 Å². The smallest absolute Gasteiger partial charge is 0.251 e. The first-order valence-electron chi connectivity index (χ1n) is 7.12. The molecule has 1 aliphatic carbocycles. The van der Waals surface area contributed by atoms with E-state index in [9.17, 15) is 4.79 Å². The van der Waals surface area contributed by atoms with E-state index in [1.165, 1.54) is 18.5 Å². The van der Waals surface area contributed by atoms with E-state index in [1.807, 2.05) is 17.8 Å². The van der Waals surface area contributed by atoms with Crippen molar-refractivity contribution < 1.29 is 9.53 Å². The largest absolute Gasteiger partial charge is 0.497 e. The molecule has 1 amide bonds. The predicted molar refractivity (Wildman–Crippen MR) is 79.3 cm³/mol. The summed E-state index contributed by atoms with van der Waals surface area (Å²) < 4.78 is 7.05. The maximum atomic E-state index is 12.1. The van der Waals surface area contributed by atoms with Gasteiger partial charge >= 0.3 is 0 Å². The molecule has 2 aromatic rings. The summed E-state index contributed by atoms with van der Waals surface area (Å²) in [5, 5.41) is 7.34. The molecule has 110 valence electrons. The zero-order valence-corrected chi connectivity index (χ0v) is 12.3. The van der Waals surface area contributed by atoms with Crippen molar-refractivity contribution in [2.45, 2.75) is 25.3 Å². The van der Waals surface area contributed by atoms with E-state index < -0.39 is 0 Å². The highest BCUT2D eigenvalue weighted by Crippen LogP contribution is 2.39. The van der Waals surface area contributed by atoms with Crippen LogP contribution in [0.3, 0.4) is 0 Å².